The molecule has 0 spiro atoms. The number of unbranched alkanes of at least 4 members (excludes halogenated alkanes) is 22. The van der Waals surface area contributed by atoms with Gasteiger partial charge in [-0.15, -0.1) is 10.3 Å². The molecule has 0 saturated carbocycles. The maximum atomic E-state index is 13.5. The molecule has 0 aliphatic carbocycles. The van der Waals surface area contributed by atoms with Crippen LogP contribution in [0, 0.1) is 0 Å². The van der Waals surface area contributed by atoms with Crippen molar-refractivity contribution in [2.45, 2.75) is 231 Å². The Labute approximate surface area is 361 Å². The molecule has 1 radical (unpaired) electrons. The second kappa shape index (κ2) is 32.5. The SMILES string of the molecule is CCCCCCCCCCCCCCCCCC(=O)O[C@@H](COC(=O)CCCC1(CCCCCCCCCCC)OCC(C)(C)N1[O])COP(=O)(O)OCC[N+](C)(C)C. The number of hydrogen-bond acceptors (Lipinski definition) is 9. The van der Waals surface area contributed by atoms with Crippen LogP contribution in [-0.2, 0) is 42.6 Å². The van der Waals surface area contributed by atoms with Crippen molar-refractivity contribution in [1.82, 2.24) is 5.06 Å². The maximum absolute atomic E-state index is 13.5. The van der Waals surface area contributed by atoms with Gasteiger partial charge < -0.3 is 23.6 Å². The summed E-state index contributed by atoms with van der Waals surface area (Å²) in [5, 5.41) is 14.6. The molecule has 0 aromatic carbocycles. The summed E-state index contributed by atoms with van der Waals surface area (Å²) in [5.74, 6) is -0.995. The van der Waals surface area contributed by atoms with Crippen molar-refractivity contribution in [1.29, 1.82) is 0 Å². The van der Waals surface area contributed by atoms with Crippen LogP contribution in [0.1, 0.15) is 214 Å². The molecular formula is C46H91N2O10P+. The number of carbonyl (C=O) groups is 2. The molecular weight excluding hydrogens is 771 g/mol. The van der Waals surface area contributed by atoms with E-state index in [4.69, 9.17) is 23.3 Å². The third-order valence-corrected chi connectivity index (χ3v) is 12.4. The number of likely N-dealkylation sites (N-methyl/N-ethyl adjacent to an activating group) is 1. The van der Waals surface area contributed by atoms with Gasteiger partial charge in [-0.2, -0.15) is 0 Å². The molecule has 1 N–H and O–H groups in total. The maximum Gasteiger partial charge on any atom is 0.472 e. The molecule has 12 nitrogen and oxygen atoms in total. The highest BCUT2D eigenvalue weighted by Crippen LogP contribution is 2.43. The third kappa shape index (κ3) is 29.0. The fourth-order valence-electron chi connectivity index (χ4n) is 7.58. The topological polar surface area (TPSA) is 141 Å². The fraction of sp³-hybridized carbons (Fsp3) is 0.957. The number of hydrogen-bond donors (Lipinski definition) is 1. The Morgan fingerprint density at radius 1 is 0.661 bits per heavy atom. The predicted octanol–water partition coefficient (Wildman–Crippen LogP) is 11.8. The van der Waals surface area contributed by atoms with Crippen LogP contribution in [0.3, 0.4) is 0 Å². The summed E-state index contributed by atoms with van der Waals surface area (Å²) in [6.45, 7) is 8.27. The van der Waals surface area contributed by atoms with E-state index in [-0.39, 0.29) is 26.1 Å². The number of nitrogens with zero attached hydrogens (tertiary/aromatic N) is 2. The first-order chi connectivity index (χ1) is 28.1. The van der Waals surface area contributed by atoms with Gasteiger partial charge in [0.15, 0.2) is 6.10 Å². The molecule has 1 fully saturated rings. The van der Waals surface area contributed by atoms with Crippen molar-refractivity contribution in [3.8, 4) is 0 Å². The summed E-state index contributed by atoms with van der Waals surface area (Å²) in [4.78, 5) is 36.1. The van der Waals surface area contributed by atoms with Gasteiger partial charge in [0.05, 0.1) is 39.9 Å². The van der Waals surface area contributed by atoms with Crippen LogP contribution in [0.15, 0.2) is 0 Å². The first-order valence-corrected chi connectivity index (χ1v) is 25.4. The van der Waals surface area contributed by atoms with Gasteiger partial charge in [-0.1, -0.05) is 155 Å². The highest BCUT2D eigenvalue weighted by Gasteiger charge is 2.52. The minimum absolute atomic E-state index is 0.00177. The van der Waals surface area contributed by atoms with E-state index >= 15 is 0 Å². The Kier molecular flexibility index (Phi) is 30.8. The number of esters is 2. The summed E-state index contributed by atoms with van der Waals surface area (Å²) in [7, 11) is 1.36. The van der Waals surface area contributed by atoms with Crippen molar-refractivity contribution in [2.24, 2.45) is 0 Å². The lowest BCUT2D eigenvalue weighted by molar-refractivity contribution is -0.870. The molecule has 349 valence electrons. The molecule has 1 rings (SSSR count). The number of carbonyl (C=O) groups excluding carboxylic acids is 2. The van der Waals surface area contributed by atoms with E-state index in [2.05, 4.69) is 13.8 Å². The van der Waals surface area contributed by atoms with Gasteiger partial charge >= 0.3 is 19.8 Å². The zero-order valence-electron chi connectivity index (χ0n) is 39.1. The number of ether oxygens (including phenoxy) is 3. The summed E-state index contributed by atoms with van der Waals surface area (Å²) < 4.78 is 40.8. The smallest absolute Gasteiger partial charge is 0.462 e. The highest BCUT2D eigenvalue weighted by molar-refractivity contribution is 7.47. The largest absolute Gasteiger partial charge is 0.472 e. The monoisotopic (exact) mass is 863 g/mol. The van der Waals surface area contributed by atoms with Gasteiger partial charge in [-0.05, 0) is 46.0 Å². The molecule has 13 heteroatoms. The van der Waals surface area contributed by atoms with Crippen LogP contribution in [0.2, 0.25) is 0 Å². The van der Waals surface area contributed by atoms with Crippen LogP contribution in [0.4, 0.5) is 0 Å². The summed E-state index contributed by atoms with van der Waals surface area (Å²) in [6, 6.07) is 0. The molecule has 59 heavy (non-hydrogen) atoms. The number of phosphoric ester groups is 1. The van der Waals surface area contributed by atoms with E-state index in [1.165, 1.54) is 109 Å². The highest BCUT2D eigenvalue weighted by atomic mass is 31.2. The van der Waals surface area contributed by atoms with E-state index in [9.17, 15) is 24.3 Å². The van der Waals surface area contributed by atoms with Gasteiger partial charge in [0, 0.05) is 12.8 Å². The molecule has 2 unspecified atom stereocenters. The van der Waals surface area contributed by atoms with Crippen molar-refractivity contribution in [3.63, 3.8) is 0 Å². The summed E-state index contributed by atoms with van der Waals surface area (Å²) in [6.07, 6.45) is 29.5. The van der Waals surface area contributed by atoms with Gasteiger partial charge in [0.25, 0.3) is 0 Å². The van der Waals surface area contributed by atoms with E-state index in [0.717, 1.165) is 43.6 Å². The Morgan fingerprint density at radius 2 is 1.10 bits per heavy atom. The van der Waals surface area contributed by atoms with Gasteiger partial charge in [0.1, 0.15) is 25.5 Å². The Hall–Kier alpha value is -1.11. The standard InChI is InChI=1S/C46H90N2O10P/c1-8-10-12-14-16-18-19-20-21-22-23-24-26-28-30-33-44(50)58-42(40-57-59(52,53)56-38-37-48(5,6)7)39-54-43(49)34-32-36-46(47(51)45(3,4)41-55-46)35-31-29-27-25-17-15-13-11-9-2/h42H,8-41H2,1-7H3/p+1/t42-,46?/m0/s1. The Bertz CT molecular complexity index is 1120. The first-order valence-electron chi connectivity index (χ1n) is 23.9. The van der Waals surface area contributed by atoms with Crippen LogP contribution in [0.25, 0.3) is 0 Å². The average Bonchev–Trinajstić information content (AvgIpc) is 3.39. The molecule has 0 amide bonds. The Morgan fingerprint density at radius 3 is 1.56 bits per heavy atom. The normalized spacial score (nSPS) is 18.5. The quantitative estimate of drug-likeness (QED) is 0.0274. The first kappa shape index (κ1) is 55.9. The van der Waals surface area contributed by atoms with Crippen molar-refractivity contribution >= 4 is 19.8 Å². The molecule has 0 bridgehead atoms. The number of rotatable bonds is 40. The number of hydroxylamine groups is 2. The molecule has 1 saturated heterocycles. The lowest BCUT2D eigenvalue weighted by Gasteiger charge is -2.35. The Balaban J connectivity index is 2.56. The van der Waals surface area contributed by atoms with E-state index < -0.39 is 43.7 Å². The van der Waals surface area contributed by atoms with E-state index in [1.807, 2.05) is 35.0 Å². The average molecular weight is 863 g/mol. The summed E-state index contributed by atoms with van der Waals surface area (Å²) in [5.41, 5.74) is -1.62. The van der Waals surface area contributed by atoms with E-state index in [0.29, 0.717) is 43.3 Å². The summed E-state index contributed by atoms with van der Waals surface area (Å²) >= 11 is 0. The number of quaternary nitrogens is 1. The third-order valence-electron chi connectivity index (χ3n) is 11.4. The van der Waals surface area contributed by atoms with Crippen molar-refractivity contribution in [2.75, 3.05) is 54.1 Å². The van der Waals surface area contributed by atoms with Crippen LogP contribution in [0.5, 0.6) is 0 Å². The molecule has 1 aliphatic heterocycles. The van der Waals surface area contributed by atoms with Crippen molar-refractivity contribution in [3.05, 3.63) is 0 Å². The van der Waals surface area contributed by atoms with Crippen molar-refractivity contribution < 1.29 is 52.0 Å². The minimum Gasteiger partial charge on any atom is -0.462 e. The molecule has 1 aliphatic rings. The molecule has 0 aromatic rings. The lowest BCUT2D eigenvalue weighted by atomic mass is 9.95. The predicted molar refractivity (Wildman–Crippen MR) is 236 cm³/mol. The number of phosphoric acid groups is 1. The molecule has 0 aromatic heterocycles. The lowest BCUT2D eigenvalue weighted by Crippen LogP contribution is -2.49. The molecule has 1 heterocycles. The van der Waals surface area contributed by atoms with Crippen LogP contribution >= 0.6 is 7.82 Å². The van der Waals surface area contributed by atoms with Gasteiger partial charge in [-0.25, -0.2) is 4.57 Å². The van der Waals surface area contributed by atoms with Crippen LogP contribution in [-0.4, -0.2) is 97.9 Å². The fourth-order valence-corrected chi connectivity index (χ4v) is 8.32. The van der Waals surface area contributed by atoms with Gasteiger partial charge in [-0.3, -0.25) is 18.6 Å². The zero-order chi connectivity index (χ0) is 43.9. The van der Waals surface area contributed by atoms with Crippen LogP contribution < -0.4 is 0 Å². The zero-order valence-corrected chi connectivity index (χ0v) is 40.0. The second-order valence-corrected chi connectivity index (χ2v) is 20.3. The second-order valence-electron chi connectivity index (χ2n) is 18.9. The van der Waals surface area contributed by atoms with Gasteiger partial charge in [0.2, 0.25) is 0 Å². The van der Waals surface area contributed by atoms with E-state index in [1.54, 1.807) is 0 Å². The minimum atomic E-state index is -4.44. The molecule has 3 atom stereocenters.